The lowest BCUT2D eigenvalue weighted by Gasteiger charge is -1.78. The van der Waals surface area contributed by atoms with Crippen molar-refractivity contribution >= 4 is 12.6 Å². The van der Waals surface area contributed by atoms with Gasteiger partial charge in [0.1, 0.15) is 7.11 Å². The van der Waals surface area contributed by atoms with Gasteiger partial charge in [0.05, 0.1) is 0 Å². The topological polar surface area (TPSA) is 34.0 Å². The third kappa shape index (κ3) is 5.14. The molecule has 0 radical (unpaired) electrons. The van der Waals surface area contributed by atoms with Gasteiger partial charge in [-0.15, -0.1) is 0 Å². The summed E-state index contributed by atoms with van der Waals surface area (Å²) in [5.74, 6) is 0. The van der Waals surface area contributed by atoms with Crippen LogP contribution in [0, 0.1) is 0 Å². The maximum absolute atomic E-state index is 4.34. The van der Waals surface area contributed by atoms with E-state index in [-0.39, 0.29) is 0 Å². The number of aliphatic imine (C=N–C) groups is 1. The zero-order valence-corrected chi connectivity index (χ0v) is 5.16. The van der Waals surface area contributed by atoms with Gasteiger partial charge in [-0.05, 0) is 6.42 Å². The average Bonchev–Trinajstić information content (AvgIpc) is 1.81. The highest BCUT2D eigenvalue weighted by Gasteiger charge is 1.62. The molecular formula is C5H10N2O. The van der Waals surface area contributed by atoms with Crippen molar-refractivity contribution in [2.45, 2.75) is 13.3 Å². The van der Waals surface area contributed by atoms with Gasteiger partial charge in [-0.1, -0.05) is 12.1 Å². The van der Waals surface area contributed by atoms with E-state index in [9.17, 15) is 0 Å². The van der Waals surface area contributed by atoms with Gasteiger partial charge in [-0.3, -0.25) is 0 Å². The van der Waals surface area contributed by atoms with E-state index in [1.165, 1.54) is 13.4 Å². The molecule has 0 heterocycles. The van der Waals surface area contributed by atoms with Gasteiger partial charge in [-0.2, -0.15) is 0 Å². The highest BCUT2D eigenvalue weighted by atomic mass is 16.6. The summed E-state index contributed by atoms with van der Waals surface area (Å²) in [4.78, 5) is 8.08. The van der Waals surface area contributed by atoms with Crippen LogP contribution in [-0.2, 0) is 4.84 Å². The molecule has 0 rings (SSSR count). The van der Waals surface area contributed by atoms with E-state index in [1.807, 2.05) is 6.92 Å². The van der Waals surface area contributed by atoms with Crippen LogP contribution in [0.2, 0.25) is 0 Å². The Labute approximate surface area is 49.1 Å². The predicted molar refractivity (Wildman–Crippen MR) is 34.3 cm³/mol. The van der Waals surface area contributed by atoms with Crippen molar-refractivity contribution < 1.29 is 4.84 Å². The quantitative estimate of drug-likeness (QED) is 0.307. The Morgan fingerprint density at radius 3 is 2.88 bits per heavy atom. The summed E-state index contributed by atoms with van der Waals surface area (Å²) in [6.07, 6.45) is 4.04. The van der Waals surface area contributed by atoms with Crippen LogP contribution in [0.1, 0.15) is 13.3 Å². The van der Waals surface area contributed by atoms with Crippen LogP contribution < -0.4 is 0 Å². The van der Waals surface area contributed by atoms with E-state index < -0.39 is 0 Å². The number of hydrogen-bond donors (Lipinski definition) is 0. The molecule has 0 saturated carbocycles. The molecule has 0 saturated heterocycles. The minimum atomic E-state index is 0.926. The first-order chi connectivity index (χ1) is 3.91. The predicted octanol–water partition coefficient (Wildman–Crippen LogP) is 1.06. The maximum Gasteiger partial charge on any atom is 0.154 e. The molecule has 46 valence electrons. The van der Waals surface area contributed by atoms with E-state index in [2.05, 4.69) is 15.0 Å². The first-order valence-corrected chi connectivity index (χ1v) is 2.48. The van der Waals surface area contributed by atoms with Gasteiger partial charge in [-0.25, -0.2) is 4.99 Å². The van der Waals surface area contributed by atoms with E-state index in [0.717, 1.165) is 6.42 Å². The van der Waals surface area contributed by atoms with Gasteiger partial charge in [0, 0.05) is 6.21 Å². The molecule has 0 aromatic rings. The summed E-state index contributed by atoms with van der Waals surface area (Å²) in [6.45, 7) is 2.00. The molecule has 0 spiro atoms. The fourth-order valence-corrected chi connectivity index (χ4v) is 0.227. The molecule has 0 atom stereocenters. The molecule has 8 heavy (non-hydrogen) atoms. The standard InChI is InChI=1S/C5H10N2O/c1-3-4-6-5-7-8-2/h4-5H,3H2,1-2H3/b6-4+,7-5-. The fourth-order valence-electron chi connectivity index (χ4n) is 0.227. The lowest BCUT2D eigenvalue weighted by molar-refractivity contribution is 0.215. The third-order valence-electron chi connectivity index (χ3n) is 0.507. The largest absolute Gasteiger partial charge is 0.398 e. The molecule has 0 bridgehead atoms. The van der Waals surface area contributed by atoms with Crippen molar-refractivity contribution in [3.05, 3.63) is 0 Å². The second-order valence-corrected chi connectivity index (χ2v) is 1.14. The van der Waals surface area contributed by atoms with Crippen LogP contribution >= 0.6 is 0 Å². The highest BCUT2D eigenvalue weighted by molar-refractivity contribution is 5.71. The molecule has 0 aromatic heterocycles. The summed E-state index contributed by atoms with van der Waals surface area (Å²) in [5.41, 5.74) is 0. The van der Waals surface area contributed by atoms with E-state index >= 15 is 0 Å². The maximum atomic E-state index is 4.34. The molecule has 3 heteroatoms. The molecular weight excluding hydrogens is 104 g/mol. The monoisotopic (exact) mass is 114 g/mol. The van der Waals surface area contributed by atoms with E-state index in [4.69, 9.17) is 0 Å². The lowest BCUT2D eigenvalue weighted by atomic mass is 10.5. The number of rotatable bonds is 3. The fraction of sp³-hybridized carbons (Fsp3) is 0.600. The second kappa shape index (κ2) is 6.14. The Balaban J connectivity index is 3.13. The van der Waals surface area contributed by atoms with Crippen molar-refractivity contribution in [3.8, 4) is 0 Å². The molecule has 0 aliphatic carbocycles. The summed E-state index contributed by atoms with van der Waals surface area (Å²) >= 11 is 0. The smallest absolute Gasteiger partial charge is 0.154 e. The summed E-state index contributed by atoms with van der Waals surface area (Å²) in [7, 11) is 1.48. The van der Waals surface area contributed by atoms with Crippen LogP contribution in [0.5, 0.6) is 0 Å². The summed E-state index contributed by atoms with van der Waals surface area (Å²) in [5, 5.41) is 3.39. The van der Waals surface area contributed by atoms with E-state index in [0.29, 0.717) is 0 Å². The minimum Gasteiger partial charge on any atom is -0.398 e. The Kier molecular flexibility index (Phi) is 5.48. The first kappa shape index (κ1) is 7.14. The van der Waals surface area contributed by atoms with Crippen LogP contribution in [0.4, 0.5) is 0 Å². The number of nitrogens with zero attached hydrogens (tertiary/aromatic N) is 2. The number of hydrogen-bond acceptors (Lipinski definition) is 2. The Morgan fingerprint density at radius 2 is 2.38 bits per heavy atom. The van der Waals surface area contributed by atoms with Crippen molar-refractivity contribution in [3.63, 3.8) is 0 Å². The molecule has 0 amide bonds. The van der Waals surface area contributed by atoms with Crippen molar-refractivity contribution in [2.75, 3.05) is 7.11 Å². The molecule has 0 aliphatic rings. The van der Waals surface area contributed by atoms with Crippen LogP contribution in [0.15, 0.2) is 10.1 Å². The Bertz CT molecular complexity index is 76.4. The zero-order valence-electron chi connectivity index (χ0n) is 5.16. The van der Waals surface area contributed by atoms with Crippen molar-refractivity contribution in [2.24, 2.45) is 10.1 Å². The zero-order chi connectivity index (χ0) is 6.24. The Morgan fingerprint density at radius 1 is 1.62 bits per heavy atom. The molecule has 0 N–H and O–H groups in total. The summed E-state index contributed by atoms with van der Waals surface area (Å²) in [6, 6.07) is 0. The van der Waals surface area contributed by atoms with Gasteiger partial charge >= 0.3 is 0 Å². The lowest BCUT2D eigenvalue weighted by Crippen LogP contribution is -1.71. The van der Waals surface area contributed by atoms with Crippen LogP contribution in [0.25, 0.3) is 0 Å². The molecule has 0 unspecified atom stereocenters. The SMILES string of the molecule is CC/C=N/C=N\OC. The first-order valence-electron chi connectivity index (χ1n) is 2.48. The third-order valence-corrected chi connectivity index (χ3v) is 0.507. The minimum absolute atomic E-state index is 0.926. The second-order valence-electron chi connectivity index (χ2n) is 1.14. The Hall–Kier alpha value is -0.860. The highest BCUT2D eigenvalue weighted by Crippen LogP contribution is 1.67. The van der Waals surface area contributed by atoms with Gasteiger partial charge in [0.25, 0.3) is 0 Å². The van der Waals surface area contributed by atoms with E-state index in [1.54, 1.807) is 6.21 Å². The molecule has 3 nitrogen and oxygen atoms in total. The van der Waals surface area contributed by atoms with Crippen LogP contribution in [0.3, 0.4) is 0 Å². The summed E-state index contributed by atoms with van der Waals surface area (Å²) < 4.78 is 0. The van der Waals surface area contributed by atoms with Gasteiger partial charge < -0.3 is 4.84 Å². The molecule has 0 aliphatic heterocycles. The average molecular weight is 114 g/mol. The molecule has 0 aromatic carbocycles. The van der Waals surface area contributed by atoms with Crippen LogP contribution in [-0.4, -0.2) is 19.7 Å². The van der Waals surface area contributed by atoms with Gasteiger partial charge in [0.15, 0.2) is 6.34 Å². The van der Waals surface area contributed by atoms with Crippen molar-refractivity contribution in [1.82, 2.24) is 0 Å². The van der Waals surface area contributed by atoms with Gasteiger partial charge in [0.2, 0.25) is 0 Å². The normalized spacial score (nSPS) is 11.2. The number of oxime groups is 1. The van der Waals surface area contributed by atoms with Crippen molar-refractivity contribution in [1.29, 1.82) is 0 Å². The molecule has 0 fully saturated rings.